The van der Waals surface area contributed by atoms with Gasteiger partial charge in [-0.25, -0.2) is 0 Å². The van der Waals surface area contributed by atoms with E-state index in [1.165, 1.54) is 12.1 Å². The fraction of sp³-hybridized carbons (Fsp3) is 0.200. The smallest absolute Gasteiger partial charge is 0.327 e. The molecule has 0 aliphatic rings. The van der Waals surface area contributed by atoms with Crippen molar-refractivity contribution in [3.05, 3.63) is 46.0 Å². The second-order valence-electron chi connectivity index (χ2n) is 3.34. The molecule has 0 N–H and O–H groups in total. The Kier molecular flexibility index (Phi) is 3.19. The van der Waals surface area contributed by atoms with Crippen LogP contribution in [-0.2, 0) is 12.6 Å². The Balaban J connectivity index is 2.13. The van der Waals surface area contributed by atoms with Gasteiger partial charge in [-0.15, -0.1) is 0 Å². The zero-order valence-corrected chi connectivity index (χ0v) is 9.92. The van der Waals surface area contributed by atoms with E-state index < -0.39 is 11.7 Å². The third-order valence-corrected chi connectivity index (χ3v) is 2.41. The van der Waals surface area contributed by atoms with Gasteiger partial charge >= 0.3 is 6.18 Å². The average Bonchev–Trinajstić information content (AvgIpc) is 2.63. The fourth-order valence-electron chi connectivity index (χ4n) is 1.30. The molecule has 1 heterocycles. The molecular weight excluding hydrogens is 301 g/mol. The van der Waals surface area contributed by atoms with Crippen LogP contribution in [0.5, 0.6) is 0 Å². The zero-order valence-electron chi connectivity index (χ0n) is 8.33. The van der Waals surface area contributed by atoms with Gasteiger partial charge in [-0.05, 0) is 17.7 Å². The Bertz CT molecular complexity index is 507. The van der Waals surface area contributed by atoms with Crippen molar-refractivity contribution in [1.82, 2.24) is 10.1 Å². The van der Waals surface area contributed by atoms with Crippen molar-refractivity contribution >= 4 is 15.9 Å². The predicted octanol–water partition coefficient (Wildman–Crippen LogP) is 3.44. The molecule has 0 aliphatic carbocycles. The summed E-state index contributed by atoms with van der Waals surface area (Å²) in [5.74, 6) is 0.414. The second kappa shape index (κ2) is 4.48. The summed E-state index contributed by atoms with van der Waals surface area (Å²) in [5.41, 5.74) is 0.0156. The number of rotatable bonds is 2. The predicted molar refractivity (Wildman–Crippen MR) is 56.2 cm³/mol. The first-order valence-electron chi connectivity index (χ1n) is 4.59. The third-order valence-electron chi connectivity index (χ3n) is 2.09. The molecule has 0 bridgehead atoms. The highest BCUT2D eigenvalue weighted by atomic mass is 79.9. The van der Waals surface area contributed by atoms with Crippen molar-refractivity contribution in [3.8, 4) is 0 Å². The quantitative estimate of drug-likeness (QED) is 0.853. The molecular formula is C10H6BrF3N2O. The molecule has 90 valence electrons. The normalized spacial score (nSPS) is 11.8. The number of alkyl halides is 3. The van der Waals surface area contributed by atoms with Crippen LogP contribution in [-0.4, -0.2) is 10.1 Å². The average molecular weight is 307 g/mol. The van der Waals surface area contributed by atoms with Crippen LogP contribution in [0.1, 0.15) is 17.0 Å². The number of hydrogen-bond donors (Lipinski definition) is 0. The highest BCUT2D eigenvalue weighted by Gasteiger charge is 2.29. The van der Waals surface area contributed by atoms with Crippen LogP contribution in [0.2, 0.25) is 0 Å². The van der Waals surface area contributed by atoms with Crippen LogP contribution in [0.15, 0.2) is 33.6 Å². The van der Waals surface area contributed by atoms with Gasteiger partial charge in [0.1, 0.15) is 0 Å². The number of hydrogen-bond acceptors (Lipinski definition) is 3. The lowest BCUT2D eigenvalue weighted by Gasteiger charge is -2.06. The Hall–Kier alpha value is -1.37. The molecule has 0 unspecified atom stereocenters. The number of nitrogens with zero attached hydrogens (tertiary/aromatic N) is 2. The SMILES string of the molecule is FC(F)(F)c1ccc(Cc2noc(Br)n2)cc1. The summed E-state index contributed by atoms with van der Waals surface area (Å²) in [6.07, 6.45) is -3.99. The lowest BCUT2D eigenvalue weighted by molar-refractivity contribution is -0.137. The maximum Gasteiger partial charge on any atom is 0.416 e. The van der Waals surface area contributed by atoms with Gasteiger partial charge in [-0.3, -0.25) is 0 Å². The largest absolute Gasteiger partial charge is 0.416 e. The summed E-state index contributed by atoms with van der Waals surface area (Å²) in [5, 5.41) is 3.63. The molecule has 17 heavy (non-hydrogen) atoms. The van der Waals surface area contributed by atoms with Gasteiger partial charge in [0.2, 0.25) is 0 Å². The Morgan fingerprint density at radius 1 is 1.18 bits per heavy atom. The van der Waals surface area contributed by atoms with Crippen LogP contribution < -0.4 is 0 Å². The van der Waals surface area contributed by atoms with E-state index in [0.717, 1.165) is 12.1 Å². The summed E-state index contributed by atoms with van der Waals surface area (Å²) in [6, 6.07) is 4.86. The third kappa shape index (κ3) is 3.06. The summed E-state index contributed by atoms with van der Waals surface area (Å²) in [4.78, 5) is 4.14. The van der Waals surface area contributed by atoms with Crippen LogP contribution in [0.4, 0.5) is 13.2 Å². The highest BCUT2D eigenvalue weighted by molar-refractivity contribution is 9.10. The van der Waals surface area contributed by atoms with E-state index in [1.54, 1.807) is 0 Å². The Morgan fingerprint density at radius 2 is 1.82 bits per heavy atom. The molecule has 1 aromatic heterocycles. The lowest BCUT2D eigenvalue weighted by Crippen LogP contribution is -2.04. The van der Waals surface area contributed by atoms with Gasteiger partial charge in [0, 0.05) is 22.4 Å². The van der Waals surface area contributed by atoms with Gasteiger partial charge < -0.3 is 4.52 Å². The maximum absolute atomic E-state index is 12.3. The lowest BCUT2D eigenvalue weighted by atomic mass is 10.1. The molecule has 7 heteroatoms. The molecule has 3 nitrogen and oxygen atoms in total. The summed E-state index contributed by atoms with van der Waals surface area (Å²) in [6.45, 7) is 0. The maximum atomic E-state index is 12.3. The molecule has 0 amide bonds. The standard InChI is InChI=1S/C10H6BrF3N2O/c11-9-15-8(16-17-9)5-6-1-3-7(4-2-6)10(12,13)14/h1-4H,5H2. The van der Waals surface area contributed by atoms with Crippen molar-refractivity contribution in [3.63, 3.8) is 0 Å². The van der Waals surface area contributed by atoms with Crippen molar-refractivity contribution < 1.29 is 17.7 Å². The van der Waals surface area contributed by atoms with Crippen LogP contribution in [0.3, 0.4) is 0 Å². The summed E-state index contributed by atoms with van der Waals surface area (Å²) < 4.78 is 41.6. The van der Waals surface area contributed by atoms with E-state index in [9.17, 15) is 13.2 Å². The van der Waals surface area contributed by atoms with Gasteiger partial charge in [0.25, 0.3) is 4.80 Å². The van der Waals surface area contributed by atoms with Gasteiger partial charge in [0.15, 0.2) is 5.82 Å². The van der Waals surface area contributed by atoms with Crippen molar-refractivity contribution in [2.75, 3.05) is 0 Å². The fourth-order valence-corrected chi connectivity index (χ4v) is 1.58. The van der Waals surface area contributed by atoms with Crippen LogP contribution in [0, 0.1) is 0 Å². The number of aromatic nitrogens is 2. The van der Waals surface area contributed by atoms with Crippen molar-refractivity contribution in [1.29, 1.82) is 0 Å². The van der Waals surface area contributed by atoms with Crippen LogP contribution in [0.25, 0.3) is 0 Å². The molecule has 0 atom stereocenters. The van der Waals surface area contributed by atoms with E-state index in [-0.39, 0.29) is 4.80 Å². The van der Waals surface area contributed by atoms with Gasteiger partial charge in [-0.2, -0.15) is 18.2 Å². The number of benzene rings is 1. The molecule has 0 spiro atoms. The second-order valence-corrected chi connectivity index (χ2v) is 4.01. The first-order valence-corrected chi connectivity index (χ1v) is 5.38. The first-order chi connectivity index (χ1) is 7.95. The summed E-state index contributed by atoms with van der Waals surface area (Å²) in [7, 11) is 0. The minimum Gasteiger partial charge on any atom is -0.327 e. The molecule has 0 aliphatic heterocycles. The van der Waals surface area contributed by atoms with Gasteiger partial charge in [-0.1, -0.05) is 17.3 Å². The topological polar surface area (TPSA) is 38.9 Å². The van der Waals surface area contributed by atoms with E-state index >= 15 is 0 Å². The first kappa shape index (κ1) is 12.1. The van der Waals surface area contributed by atoms with Crippen molar-refractivity contribution in [2.45, 2.75) is 12.6 Å². The van der Waals surface area contributed by atoms with Gasteiger partial charge in [0.05, 0.1) is 5.56 Å². The molecule has 1 aromatic carbocycles. The number of halogens is 4. The highest BCUT2D eigenvalue weighted by Crippen LogP contribution is 2.29. The molecule has 0 radical (unpaired) electrons. The molecule has 2 rings (SSSR count). The minimum atomic E-state index is -4.31. The molecule has 2 aromatic rings. The Labute approximate surface area is 103 Å². The molecule has 0 saturated heterocycles. The summed E-state index contributed by atoms with van der Waals surface area (Å²) >= 11 is 2.99. The minimum absolute atomic E-state index is 0.249. The zero-order chi connectivity index (χ0) is 12.5. The molecule has 0 saturated carbocycles. The van der Waals surface area contributed by atoms with E-state index in [0.29, 0.717) is 17.8 Å². The Morgan fingerprint density at radius 3 is 2.29 bits per heavy atom. The van der Waals surface area contributed by atoms with E-state index in [4.69, 9.17) is 4.52 Å². The van der Waals surface area contributed by atoms with Crippen LogP contribution >= 0.6 is 15.9 Å². The van der Waals surface area contributed by atoms with E-state index in [2.05, 4.69) is 26.1 Å². The van der Waals surface area contributed by atoms with E-state index in [1.807, 2.05) is 0 Å². The molecule has 0 fully saturated rings. The monoisotopic (exact) mass is 306 g/mol. The van der Waals surface area contributed by atoms with Crippen molar-refractivity contribution in [2.24, 2.45) is 0 Å².